The first-order valence-corrected chi connectivity index (χ1v) is 23.5. The van der Waals surface area contributed by atoms with Crippen LogP contribution in [0.15, 0.2) is 60.8 Å². The molecule has 6 amide bonds. The van der Waals surface area contributed by atoms with Gasteiger partial charge in [0.05, 0.1) is 12.5 Å². The maximum absolute atomic E-state index is 14.8. The van der Waals surface area contributed by atoms with E-state index in [1.165, 1.54) is 6.42 Å². The van der Waals surface area contributed by atoms with E-state index >= 15 is 0 Å². The molecular weight excluding hydrogens is 829 g/mol. The highest BCUT2D eigenvalue weighted by molar-refractivity contribution is 5.96. The number of carboxylic acid groups (broad SMARTS) is 1. The first-order valence-electron chi connectivity index (χ1n) is 23.5. The lowest BCUT2D eigenvalue weighted by Gasteiger charge is -2.55. The van der Waals surface area contributed by atoms with Crippen LogP contribution >= 0.6 is 0 Å². The first kappa shape index (κ1) is 47.2. The van der Waals surface area contributed by atoms with Crippen LogP contribution in [0.3, 0.4) is 0 Å². The van der Waals surface area contributed by atoms with Crippen molar-refractivity contribution in [2.45, 2.75) is 121 Å². The Morgan fingerprint density at radius 3 is 2.06 bits per heavy atom. The molecule has 4 aliphatic carbocycles. The van der Waals surface area contributed by atoms with Crippen LogP contribution in [0, 0.1) is 35.5 Å². The number of rotatable bonds is 13. The van der Waals surface area contributed by atoms with Crippen molar-refractivity contribution in [3.05, 3.63) is 71.9 Å². The molecule has 2 unspecified atom stereocenters. The third kappa shape index (κ3) is 12.5. The number of fused-ring (bicyclic) bond motifs is 1. The summed E-state index contributed by atoms with van der Waals surface area (Å²) in [6.07, 6.45) is 6.85. The van der Waals surface area contributed by atoms with Gasteiger partial charge >= 0.3 is 5.97 Å². The van der Waals surface area contributed by atoms with Crippen LogP contribution in [-0.2, 0) is 46.4 Å². The zero-order valence-corrected chi connectivity index (χ0v) is 37.6. The number of carbonyl (C=O) groups is 7. The topological polar surface area (TPSA) is 245 Å². The molecule has 5 fully saturated rings. The summed E-state index contributed by atoms with van der Waals surface area (Å²) >= 11 is 0. The number of nitrogens with two attached hydrogens (primary N) is 1. The van der Waals surface area contributed by atoms with E-state index in [1.54, 1.807) is 6.20 Å². The third-order valence-corrected chi connectivity index (χ3v) is 14.2. The summed E-state index contributed by atoms with van der Waals surface area (Å²) < 4.78 is 0. The number of nitrogens with zero attached hydrogens (tertiary/aromatic N) is 1. The van der Waals surface area contributed by atoms with Crippen molar-refractivity contribution >= 4 is 52.3 Å². The number of H-pyrrole nitrogens is 1. The molecule has 1 saturated heterocycles. The highest BCUT2D eigenvalue weighted by atomic mass is 16.4. The number of hydrogen-bond acceptors (Lipinski definition) is 8. The number of aliphatic carboxylic acids is 1. The molecule has 5 aliphatic rings. The summed E-state index contributed by atoms with van der Waals surface area (Å²) in [5, 5.41) is 25.1. The van der Waals surface area contributed by atoms with E-state index in [2.05, 4.69) is 31.6 Å². The molecule has 8 rings (SSSR count). The van der Waals surface area contributed by atoms with Crippen LogP contribution in [0.2, 0.25) is 0 Å². The number of aromatic amines is 1. The van der Waals surface area contributed by atoms with Gasteiger partial charge in [0.15, 0.2) is 0 Å². The fourth-order valence-corrected chi connectivity index (χ4v) is 11.4. The average molecular weight is 895 g/mol. The van der Waals surface area contributed by atoms with Gasteiger partial charge < -0.3 is 42.4 Å². The van der Waals surface area contributed by atoms with E-state index in [9.17, 15) is 38.7 Å². The van der Waals surface area contributed by atoms with Crippen LogP contribution < -0.4 is 32.3 Å². The second-order valence-electron chi connectivity index (χ2n) is 19.5. The van der Waals surface area contributed by atoms with Crippen molar-refractivity contribution in [3.63, 3.8) is 0 Å². The zero-order chi connectivity index (χ0) is 46.2. The lowest BCUT2D eigenvalue weighted by molar-refractivity contribution is -0.139. The van der Waals surface area contributed by atoms with Crippen molar-refractivity contribution in [1.82, 2.24) is 36.5 Å². The molecule has 65 heavy (non-hydrogen) atoms. The predicted molar refractivity (Wildman–Crippen MR) is 244 cm³/mol. The Hall–Kier alpha value is -5.77. The number of carboxylic acids is 1. The molecule has 4 saturated carbocycles. The van der Waals surface area contributed by atoms with Crippen molar-refractivity contribution < 1.29 is 38.7 Å². The monoisotopic (exact) mass is 895 g/mol. The van der Waals surface area contributed by atoms with E-state index in [0.717, 1.165) is 42.1 Å². The summed E-state index contributed by atoms with van der Waals surface area (Å²) in [6.45, 7) is 4.73. The molecule has 0 spiro atoms. The van der Waals surface area contributed by atoms with E-state index < -0.39 is 72.1 Å². The van der Waals surface area contributed by atoms with Crippen LogP contribution in [0.4, 0.5) is 0 Å². The summed E-state index contributed by atoms with van der Waals surface area (Å²) in [5.41, 5.74) is 8.15. The molecule has 0 radical (unpaired) electrons. The van der Waals surface area contributed by atoms with E-state index in [0.29, 0.717) is 42.2 Å². The number of carbonyl (C=O) groups excluding carboxylic acids is 6. The number of amides is 6. The van der Waals surface area contributed by atoms with Crippen molar-refractivity contribution in [3.8, 4) is 0 Å². The normalized spacial score (nSPS) is 29.5. The first-order chi connectivity index (χ1) is 31.2. The molecule has 1 aliphatic heterocycles. The van der Waals surface area contributed by atoms with Gasteiger partial charge in [0, 0.05) is 68.5 Å². The van der Waals surface area contributed by atoms with E-state index in [4.69, 9.17) is 5.73 Å². The van der Waals surface area contributed by atoms with Gasteiger partial charge in [-0.3, -0.25) is 38.5 Å². The Morgan fingerprint density at radius 2 is 1.40 bits per heavy atom. The van der Waals surface area contributed by atoms with Crippen LogP contribution in [0.1, 0.15) is 89.2 Å². The zero-order valence-electron chi connectivity index (χ0n) is 37.6. The Bertz CT molecular complexity index is 2170. The number of hydrogen-bond donors (Lipinski definition) is 8. The summed E-state index contributed by atoms with van der Waals surface area (Å²) in [6, 6.07) is 11.1. The molecule has 16 heteroatoms. The fourth-order valence-electron chi connectivity index (χ4n) is 11.4. The number of nitrogens with one attached hydrogen (secondary N) is 6. The maximum atomic E-state index is 14.8. The van der Waals surface area contributed by atoms with Crippen LogP contribution in [-0.4, -0.2) is 106 Å². The van der Waals surface area contributed by atoms with Gasteiger partial charge in [-0.2, -0.15) is 0 Å². The van der Waals surface area contributed by atoms with Gasteiger partial charge in [-0.15, -0.1) is 0 Å². The minimum atomic E-state index is -1.44. The Labute approximate surface area is 380 Å². The highest BCUT2D eigenvalue weighted by Crippen LogP contribution is 2.56. The van der Waals surface area contributed by atoms with Crippen molar-refractivity contribution in [2.75, 3.05) is 19.6 Å². The molecule has 5 atom stereocenters. The second-order valence-corrected chi connectivity index (χ2v) is 19.5. The molecule has 16 nitrogen and oxygen atoms in total. The fraction of sp³-hybridized carbons (Fsp3) is 0.571. The van der Waals surface area contributed by atoms with Crippen molar-refractivity contribution in [1.29, 1.82) is 0 Å². The largest absolute Gasteiger partial charge is 0.481 e. The molecular formula is C49H66N8O8. The summed E-state index contributed by atoms with van der Waals surface area (Å²) in [4.78, 5) is 102. The standard InChI is InChI=1S/C49H66N8O8/c1-28(2)16-35-26-57(27-37-32-18-30-17-31(20-32)21-33(37)19-30)42(24-43(50)58)49(65)54-39(12-13-45(60)61)47(63)56-41(23-34-25-52-38-11-7-6-10-36(34)38)48(64)55-40(22-29-8-4-3-5-9-29)46(62)51-15-14-44(59)53-35/h3-11,25,28,30-33,35,37,39-42,52H,12-24,26-27H2,1-2H3,(H2,50,58)(H,51,62)(H,53,59)(H,54,65)(H,55,64)(H,56,63)(H,60,61)/t30?,31?,32?,33?,35?,37?,39-,40-,41-,42?/m0/s1. The van der Waals surface area contributed by atoms with E-state index in [1.807, 2.05) is 73.3 Å². The lowest BCUT2D eigenvalue weighted by atomic mass is 9.52. The SMILES string of the molecule is CC(C)CC1CN(CC2C3CC4CC(C3)CC2C4)C(CC(N)=O)C(=O)N[C@@H](CCC(=O)O)C(=O)N[C@@H](Cc2c[nH]c3ccccc23)C(=O)N[C@@H](Cc2ccccc2)C(=O)NCCC(=O)N1. The van der Waals surface area contributed by atoms with Gasteiger partial charge in [0.2, 0.25) is 35.4 Å². The van der Waals surface area contributed by atoms with Gasteiger partial charge in [-0.25, -0.2) is 0 Å². The summed E-state index contributed by atoms with van der Waals surface area (Å²) in [5.74, 6) is -2.25. The van der Waals surface area contributed by atoms with Gasteiger partial charge in [-0.1, -0.05) is 62.4 Å². The smallest absolute Gasteiger partial charge is 0.303 e. The van der Waals surface area contributed by atoms with E-state index in [-0.39, 0.29) is 62.9 Å². The number of primary amides is 1. The number of para-hydroxylation sites is 1. The summed E-state index contributed by atoms with van der Waals surface area (Å²) in [7, 11) is 0. The van der Waals surface area contributed by atoms with Crippen LogP contribution in [0.25, 0.3) is 10.9 Å². The third-order valence-electron chi connectivity index (χ3n) is 14.2. The Balaban J connectivity index is 1.25. The second kappa shape index (κ2) is 21.5. The molecule has 4 bridgehead atoms. The van der Waals surface area contributed by atoms with Crippen molar-refractivity contribution in [2.24, 2.45) is 41.2 Å². The molecule has 1 aromatic heterocycles. The highest BCUT2D eigenvalue weighted by Gasteiger charge is 2.49. The minimum absolute atomic E-state index is 0.0226. The minimum Gasteiger partial charge on any atom is -0.481 e. The van der Waals surface area contributed by atoms with Gasteiger partial charge in [-0.05, 0) is 97.6 Å². The average Bonchev–Trinajstić information content (AvgIpc) is 3.66. The molecule has 3 aromatic rings. The van der Waals surface area contributed by atoms with Gasteiger partial charge in [0.25, 0.3) is 0 Å². The molecule has 2 heterocycles. The molecule has 2 aromatic carbocycles. The van der Waals surface area contributed by atoms with Gasteiger partial charge in [0.1, 0.15) is 18.1 Å². The Kier molecular flexibility index (Phi) is 15.6. The molecule has 350 valence electrons. The predicted octanol–water partition coefficient (Wildman–Crippen LogP) is 2.94. The number of benzene rings is 2. The van der Waals surface area contributed by atoms with Crippen LogP contribution in [0.5, 0.6) is 0 Å². The quantitative estimate of drug-likeness (QED) is 0.126. The Morgan fingerprint density at radius 1 is 0.769 bits per heavy atom. The number of aromatic nitrogens is 1. The molecule has 9 N–H and O–H groups in total. The lowest BCUT2D eigenvalue weighted by Crippen LogP contribution is -2.60. The maximum Gasteiger partial charge on any atom is 0.303 e.